The van der Waals surface area contributed by atoms with Gasteiger partial charge in [-0.25, -0.2) is 9.78 Å². The molecule has 8 heteroatoms. The molecule has 0 saturated carbocycles. The fourth-order valence-electron chi connectivity index (χ4n) is 1.79. The monoisotopic (exact) mass is 322 g/mol. The van der Waals surface area contributed by atoms with Crippen molar-refractivity contribution < 1.29 is 14.6 Å². The summed E-state index contributed by atoms with van der Waals surface area (Å²) >= 11 is 5.78. The Morgan fingerprint density at radius 3 is 2.91 bits per heavy atom. The molecule has 1 unspecified atom stereocenters. The topological polar surface area (TPSA) is 97.2 Å². The molecule has 0 aliphatic carbocycles. The van der Waals surface area contributed by atoms with Gasteiger partial charge in [0, 0.05) is 12.4 Å². The van der Waals surface area contributed by atoms with Crippen molar-refractivity contribution in [3.05, 3.63) is 47.1 Å². The van der Waals surface area contributed by atoms with Crippen LogP contribution >= 0.6 is 11.6 Å². The number of carbonyl (C=O) groups is 1. The van der Waals surface area contributed by atoms with Crippen molar-refractivity contribution in [2.45, 2.75) is 13.0 Å². The molecule has 22 heavy (non-hydrogen) atoms. The number of esters is 1. The second-order valence-electron chi connectivity index (χ2n) is 4.26. The summed E-state index contributed by atoms with van der Waals surface area (Å²) in [6.45, 7) is 1.69. The van der Waals surface area contributed by atoms with E-state index in [1.807, 2.05) is 0 Å². The van der Waals surface area contributed by atoms with Crippen LogP contribution in [0, 0.1) is 0 Å². The third kappa shape index (κ3) is 3.90. The number of rotatable bonds is 6. The number of hydrogen-bond acceptors (Lipinski definition) is 7. The van der Waals surface area contributed by atoms with Gasteiger partial charge in [0.1, 0.15) is 11.4 Å². The van der Waals surface area contributed by atoms with E-state index in [9.17, 15) is 9.90 Å². The molecule has 2 aromatic rings. The van der Waals surface area contributed by atoms with Crippen LogP contribution in [0.4, 0.5) is 5.82 Å². The number of anilines is 1. The van der Waals surface area contributed by atoms with E-state index in [1.165, 1.54) is 6.20 Å². The van der Waals surface area contributed by atoms with Gasteiger partial charge in [-0.15, -0.1) is 0 Å². The molecular formula is C14H15ClN4O3. The highest BCUT2D eigenvalue weighted by atomic mass is 35.5. The number of aliphatic hydroxyl groups is 1. The van der Waals surface area contributed by atoms with Crippen LogP contribution in [0.5, 0.6) is 0 Å². The molecule has 2 N–H and O–H groups in total. The molecule has 0 aliphatic rings. The maximum absolute atomic E-state index is 11.9. The largest absolute Gasteiger partial charge is 0.462 e. The molecule has 7 nitrogen and oxygen atoms in total. The van der Waals surface area contributed by atoms with Crippen molar-refractivity contribution in [3.63, 3.8) is 0 Å². The summed E-state index contributed by atoms with van der Waals surface area (Å²) in [7, 11) is 0. The summed E-state index contributed by atoms with van der Waals surface area (Å²) in [4.78, 5) is 23.9. The summed E-state index contributed by atoms with van der Waals surface area (Å²) in [6, 6.07) is 4.77. The number of pyridine rings is 1. The first-order chi connectivity index (χ1) is 10.7. The van der Waals surface area contributed by atoms with Gasteiger partial charge in [-0.2, -0.15) is 4.98 Å². The molecular weight excluding hydrogens is 308 g/mol. The average Bonchev–Trinajstić information content (AvgIpc) is 2.53. The Kier molecular flexibility index (Phi) is 5.62. The van der Waals surface area contributed by atoms with E-state index in [-0.39, 0.29) is 29.9 Å². The number of halogens is 1. The van der Waals surface area contributed by atoms with Crippen LogP contribution in [-0.2, 0) is 4.74 Å². The number of hydrogen-bond donors (Lipinski definition) is 2. The maximum Gasteiger partial charge on any atom is 0.343 e. The first-order valence-corrected chi connectivity index (χ1v) is 7.01. The van der Waals surface area contributed by atoms with Crippen molar-refractivity contribution in [3.8, 4) is 0 Å². The highest BCUT2D eigenvalue weighted by molar-refractivity contribution is 6.28. The molecule has 0 bridgehead atoms. The highest BCUT2D eigenvalue weighted by Crippen LogP contribution is 2.21. The van der Waals surface area contributed by atoms with Gasteiger partial charge in [0.2, 0.25) is 5.28 Å². The Bertz CT molecular complexity index is 639. The maximum atomic E-state index is 11.9. The van der Waals surface area contributed by atoms with E-state index in [0.717, 1.165) is 0 Å². The van der Waals surface area contributed by atoms with Crippen LogP contribution < -0.4 is 5.32 Å². The Morgan fingerprint density at radius 1 is 1.45 bits per heavy atom. The van der Waals surface area contributed by atoms with E-state index < -0.39 is 12.0 Å². The van der Waals surface area contributed by atoms with Crippen LogP contribution in [0.25, 0.3) is 0 Å². The van der Waals surface area contributed by atoms with Gasteiger partial charge in [0.05, 0.1) is 24.9 Å². The van der Waals surface area contributed by atoms with Crippen molar-refractivity contribution in [2.75, 3.05) is 18.5 Å². The second kappa shape index (κ2) is 7.67. The summed E-state index contributed by atoms with van der Waals surface area (Å²) in [5, 5.41) is 12.5. The Hall–Kier alpha value is -2.25. The Morgan fingerprint density at radius 2 is 2.27 bits per heavy atom. The van der Waals surface area contributed by atoms with E-state index in [4.69, 9.17) is 16.3 Å². The molecule has 0 saturated heterocycles. The fourth-order valence-corrected chi connectivity index (χ4v) is 1.92. The van der Waals surface area contributed by atoms with E-state index in [0.29, 0.717) is 5.69 Å². The van der Waals surface area contributed by atoms with Gasteiger partial charge in [0.25, 0.3) is 0 Å². The molecule has 0 amide bonds. The minimum absolute atomic E-state index is 0.0201. The lowest BCUT2D eigenvalue weighted by atomic mass is 10.2. The highest BCUT2D eigenvalue weighted by Gasteiger charge is 2.19. The van der Waals surface area contributed by atoms with Gasteiger partial charge < -0.3 is 15.2 Å². The zero-order valence-corrected chi connectivity index (χ0v) is 12.6. The first kappa shape index (κ1) is 16.1. The standard InChI is InChI=1S/C14H15ClN4O3/c1-2-22-13(21)9-7-17-14(15)19-12(9)18-11(8-20)10-5-3-4-6-16-10/h3-7,11,20H,2,8H2,1H3,(H,17,18,19). The fraction of sp³-hybridized carbons (Fsp3) is 0.286. The van der Waals surface area contributed by atoms with Crippen LogP contribution in [0.15, 0.2) is 30.6 Å². The third-order valence-electron chi connectivity index (χ3n) is 2.79. The zero-order valence-electron chi connectivity index (χ0n) is 11.9. The van der Waals surface area contributed by atoms with Gasteiger partial charge >= 0.3 is 5.97 Å². The number of nitrogens with zero attached hydrogens (tertiary/aromatic N) is 3. The minimum Gasteiger partial charge on any atom is -0.462 e. The number of carbonyl (C=O) groups excluding carboxylic acids is 1. The number of nitrogens with one attached hydrogen (secondary N) is 1. The quantitative estimate of drug-likeness (QED) is 0.618. The molecule has 1 atom stereocenters. The third-order valence-corrected chi connectivity index (χ3v) is 2.98. The first-order valence-electron chi connectivity index (χ1n) is 6.63. The molecule has 2 rings (SSSR count). The molecule has 0 aromatic carbocycles. The van der Waals surface area contributed by atoms with Crippen molar-refractivity contribution in [2.24, 2.45) is 0 Å². The lowest BCUT2D eigenvalue weighted by molar-refractivity contribution is 0.0526. The van der Waals surface area contributed by atoms with Crippen LogP contribution in [-0.4, -0.2) is 39.2 Å². The summed E-state index contributed by atoms with van der Waals surface area (Å²) in [6.07, 6.45) is 2.89. The Balaban J connectivity index is 2.30. The van der Waals surface area contributed by atoms with E-state index >= 15 is 0 Å². The smallest absolute Gasteiger partial charge is 0.343 e. The van der Waals surface area contributed by atoms with Crippen molar-refractivity contribution in [1.29, 1.82) is 0 Å². The molecule has 0 aliphatic heterocycles. The van der Waals surface area contributed by atoms with E-state index in [1.54, 1.807) is 31.3 Å². The number of ether oxygens (including phenoxy) is 1. The van der Waals surface area contributed by atoms with Gasteiger partial charge in [-0.05, 0) is 30.7 Å². The molecule has 0 radical (unpaired) electrons. The van der Waals surface area contributed by atoms with Crippen LogP contribution in [0.3, 0.4) is 0 Å². The van der Waals surface area contributed by atoms with Gasteiger partial charge in [0.15, 0.2) is 0 Å². The second-order valence-corrected chi connectivity index (χ2v) is 4.59. The lowest BCUT2D eigenvalue weighted by Crippen LogP contribution is -2.20. The number of aromatic nitrogens is 3. The zero-order chi connectivity index (χ0) is 15.9. The average molecular weight is 323 g/mol. The Labute approximate surface area is 132 Å². The molecule has 0 spiro atoms. The lowest BCUT2D eigenvalue weighted by Gasteiger charge is -2.18. The SMILES string of the molecule is CCOC(=O)c1cnc(Cl)nc1NC(CO)c1ccccn1. The predicted octanol–water partition coefficient (Wildman–Crippen LogP) is 1.85. The normalized spacial score (nSPS) is 11.8. The summed E-state index contributed by atoms with van der Waals surface area (Å²) in [5.74, 6) is -0.387. The van der Waals surface area contributed by atoms with E-state index in [2.05, 4.69) is 20.3 Å². The summed E-state index contributed by atoms with van der Waals surface area (Å²) in [5.41, 5.74) is 0.746. The van der Waals surface area contributed by atoms with Crippen molar-refractivity contribution in [1.82, 2.24) is 15.0 Å². The molecule has 116 valence electrons. The summed E-state index contributed by atoms with van der Waals surface area (Å²) < 4.78 is 4.95. The molecule has 2 aromatic heterocycles. The van der Waals surface area contributed by atoms with Gasteiger partial charge in [-0.3, -0.25) is 4.98 Å². The van der Waals surface area contributed by atoms with Crippen LogP contribution in [0.1, 0.15) is 29.0 Å². The minimum atomic E-state index is -0.570. The van der Waals surface area contributed by atoms with Crippen LogP contribution in [0.2, 0.25) is 5.28 Å². The van der Waals surface area contributed by atoms with Gasteiger partial charge in [-0.1, -0.05) is 6.07 Å². The number of aliphatic hydroxyl groups excluding tert-OH is 1. The molecule has 0 fully saturated rings. The molecule has 2 heterocycles. The predicted molar refractivity (Wildman–Crippen MR) is 80.7 cm³/mol. The van der Waals surface area contributed by atoms with Crippen molar-refractivity contribution >= 4 is 23.4 Å².